The molecule has 1 unspecified atom stereocenters. The smallest absolute Gasteiger partial charge is 0.355 e. The summed E-state index contributed by atoms with van der Waals surface area (Å²) in [4.78, 5) is 0. The predicted molar refractivity (Wildman–Crippen MR) is 103 cm³/mol. The van der Waals surface area contributed by atoms with E-state index in [4.69, 9.17) is 0 Å². The van der Waals surface area contributed by atoms with Crippen LogP contribution in [0, 0.1) is 0 Å². The molecule has 0 radical (unpaired) electrons. The summed E-state index contributed by atoms with van der Waals surface area (Å²) in [6, 6.07) is 10.4. The Bertz CT molecular complexity index is 652. The topological polar surface area (TPSA) is 60.7 Å². The molecule has 1 aromatic carbocycles. The van der Waals surface area contributed by atoms with Crippen LogP contribution in [-0.2, 0) is 0 Å². The van der Waals surface area contributed by atoms with Crippen molar-refractivity contribution in [1.29, 1.82) is 0 Å². The van der Waals surface area contributed by atoms with E-state index in [0.29, 0.717) is 0 Å². The lowest BCUT2D eigenvalue weighted by molar-refractivity contribution is 0.186. The molecular weight excluding hydrogens is 335 g/mol. The summed E-state index contributed by atoms with van der Waals surface area (Å²) in [5.74, 6) is 0.209. The molecular formula is C17H30N6OP+. The van der Waals surface area contributed by atoms with Gasteiger partial charge in [0.25, 0.3) is 0 Å². The molecule has 0 aliphatic carbocycles. The van der Waals surface area contributed by atoms with E-state index in [1.165, 1.54) is 5.56 Å². The Morgan fingerprint density at radius 1 is 1.08 bits per heavy atom. The van der Waals surface area contributed by atoms with Crippen LogP contribution in [0.1, 0.15) is 30.5 Å². The quantitative estimate of drug-likeness (QED) is 0.572. The minimum absolute atomic E-state index is 0.0603. The Hall–Kier alpha value is -1.37. The third-order valence-corrected chi connectivity index (χ3v) is 8.41. The van der Waals surface area contributed by atoms with Crippen LogP contribution in [0.25, 0.3) is 0 Å². The van der Waals surface area contributed by atoms with Crippen LogP contribution in [0.15, 0.2) is 36.5 Å². The van der Waals surface area contributed by atoms with E-state index < -0.39 is 7.87 Å². The van der Waals surface area contributed by atoms with E-state index >= 15 is 0 Å². The van der Waals surface area contributed by atoms with Gasteiger partial charge in [0.15, 0.2) is 0 Å². The molecule has 1 aromatic heterocycles. The highest BCUT2D eigenvalue weighted by Gasteiger charge is 2.53. The van der Waals surface area contributed by atoms with Crippen LogP contribution in [0.5, 0.6) is 0 Å². The maximum absolute atomic E-state index is 9.81. The first-order chi connectivity index (χ1) is 11.9. The summed E-state index contributed by atoms with van der Waals surface area (Å²) in [5.41, 5.74) is 2.19. The minimum atomic E-state index is -2.21. The largest absolute Gasteiger partial charge is 0.378 e. The fourth-order valence-corrected chi connectivity index (χ4v) is 7.01. The van der Waals surface area contributed by atoms with Crippen LogP contribution in [-0.4, -0.2) is 75.9 Å². The Kier molecular flexibility index (Phi) is 6.65. The normalized spacial score (nSPS) is 13.8. The molecule has 0 aliphatic rings. The number of aromatic nitrogens is 3. The summed E-state index contributed by atoms with van der Waals surface area (Å²) < 4.78 is 8.08. The Labute approximate surface area is 151 Å². The van der Waals surface area contributed by atoms with Crippen molar-refractivity contribution >= 4 is 7.87 Å². The zero-order valence-electron chi connectivity index (χ0n) is 16.0. The molecule has 0 amide bonds. The average molecular weight is 365 g/mol. The Morgan fingerprint density at radius 3 is 2.16 bits per heavy atom. The molecule has 1 heterocycles. The van der Waals surface area contributed by atoms with E-state index in [9.17, 15) is 5.11 Å². The molecule has 2 rings (SSSR count). The van der Waals surface area contributed by atoms with Gasteiger partial charge in [0.1, 0.15) is 6.73 Å². The van der Waals surface area contributed by atoms with Crippen LogP contribution >= 0.6 is 7.87 Å². The lowest BCUT2D eigenvalue weighted by Gasteiger charge is -2.38. The fraction of sp³-hybridized carbons (Fsp3) is 0.529. The Balaban J connectivity index is 2.49. The van der Waals surface area contributed by atoms with Gasteiger partial charge in [0.05, 0.1) is 11.9 Å². The molecule has 0 spiro atoms. The highest BCUT2D eigenvalue weighted by atomic mass is 31.2. The van der Waals surface area contributed by atoms with Crippen molar-refractivity contribution in [2.75, 3.05) is 42.0 Å². The van der Waals surface area contributed by atoms with Gasteiger partial charge >= 0.3 is 7.87 Å². The number of hydrogen-bond donors (Lipinski definition) is 1. The molecule has 0 saturated heterocycles. The van der Waals surface area contributed by atoms with Crippen molar-refractivity contribution in [2.24, 2.45) is 0 Å². The lowest BCUT2D eigenvalue weighted by atomic mass is 9.94. The van der Waals surface area contributed by atoms with Crippen molar-refractivity contribution in [3.63, 3.8) is 0 Å². The van der Waals surface area contributed by atoms with E-state index in [-0.39, 0.29) is 12.6 Å². The molecule has 0 saturated carbocycles. The van der Waals surface area contributed by atoms with Gasteiger partial charge in [0, 0.05) is 41.2 Å². The number of benzene rings is 1. The summed E-state index contributed by atoms with van der Waals surface area (Å²) in [5, 5.41) is 18.8. The second-order valence-electron chi connectivity index (χ2n) is 6.47. The van der Waals surface area contributed by atoms with Crippen LogP contribution in [0.4, 0.5) is 0 Å². The summed E-state index contributed by atoms with van der Waals surface area (Å²) in [6.45, 7) is 2.10. The third kappa shape index (κ3) is 3.61. The second-order valence-corrected chi connectivity index (χ2v) is 10.2. The lowest BCUT2D eigenvalue weighted by Crippen LogP contribution is -2.42. The van der Waals surface area contributed by atoms with Gasteiger partial charge in [-0.15, -0.1) is 19.1 Å². The van der Waals surface area contributed by atoms with Gasteiger partial charge in [-0.3, -0.25) is 0 Å². The number of rotatable bonds is 8. The molecule has 1 N–H and O–H groups in total. The molecule has 1 atom stereocenters. The third-order valence-electron chi connectivity index (χ3n) is 4.48. The molecule has 7 nitrogen and oxygen atoms in total. The van der Waals surface area contributed by atoms with E-state index in [1.807, 2.05) is 56.6 Å². The molecule has 0 aliphatic heterocycles. The van der Waals surface area contributed by atoms with Gasteiger partial charge < -0.3 is 5.11 Å². The van der Waals surface area contributed by atoms with Gasteiger partial charge in [-0.05, 0) is 17.2 Å². The number of nitrogens with zero attached hydrogens (tertiary/aromatic N) is 6. The fourth-order valence-electron chi connectivity index (χ4n) is 3.44. The van der Waals surface area contributed by atoms with Gasteiger partial charge in [-0.2, -0.15) is 0 Å². The number of aliphatic hydroxyl groups excluding tert-OH is 1. The highest BCUT2D eigenvalue weighted by Crippen LogP contribution is 2.64. The summed E-state index contributed by atoms with van der Waals surface area (Å²) in [6.07, 6.45) is 2.98. The first-order valence-electron chi connectivity index (χ1n) is 8.44. The monoisotopic (exact) mass is 365 g/mol. The van der Waals surface area contributed by atoms with Crippen molar-refractivity contribution in [3.05, 3.63) is 47.8 Å². The first-order valence-corrected chi connectivity index (χ1v) is 10.0. The molecule has 25 heavy (non-hydrogen) atoms. The number of hydrogen-bond acceptors (Lipinski definition) is 6. The predicted octanol–water partition coefficient (Wildman–Crippen LogP) is 2.35. The van der Waals surface area contributed by atoms with Gasteiger partial charge in [0.2, 0.25) is 0 Å². The minimum Gasteiger partial charge on any atom is -0.378 e. The zero-order chi connectivity index (χ0) is 18.6. The Morgan fingerprint density at radius 2 is 1.68 bits per heavy atom. The van der Waals surface area contributed by atoms with Crippen LogP contribution in [0.2, 0.25) is 0 Å². The van der Waals surface area contributed by atoms with Crippen LogP contribution in [0.3, 0.4) is 0 Å². The molecule has 0 fully saturated rings. The highest BCUT2D eigenvalue weighted by molar-refractivity contribution is 7.67. The van der Waals surface area contributed by atoms with Crippen molar-refractivity contribution in [1.82, 2.24) is 28.8 Å². The van der Waals surface area contributed by atoms with Crippen LogP contribution < -0.4 is 0 Å². The molecule has 8 heteroatoms. The standard InChI is InChI=1S/C17H30N6OP/c1-7-16(15-11-9-8-10-12-15)17-13-23(19-18-17)25(20(2)3,21(4)5)22(6)14-24/h8-13,16,24H,7,14H2,1-6H3/q+1. The van der Waals surface area contributed by atoms with Crippen molar-refractivity contribution < 1.29 is 5.11 Å². The zero-order valence-corrected chi connectivity index (χ0v) is 16.9. The molecule has 2 aromatic rings. The van der Waals surface area contributed by atoms with E-state index in [2.05, 4.69) is 50.8 Å². The maximum Gasteiger partial charge on any atom is 0.355 e. The number of aliphatic hydroxyl groups is 1. The van der Waals surface area contributed by atoms with E-state index in [0.717, 1.165) is 12.1 Å². The van der Waals surface area contributed by atoms with Gasteiger partial charge in [-0.1, -0.05) is 41.7 Å². The van der Waals surface area contributed by atoms with Crippen molar-refractivity contribution in [2.45, 2.75) is 19.3 Å². The van der Waals surface area contributed by atoms with Crippen molar-refractivity contribution in [3.8, 4) is 0 Å². The SMILES string of the molecule is CCC(c1ccccc1)c1cn([P+](N(C)C)(N(C)C)N(C)CO)nn1. The van der Waals surface area contributed by atoms with Gasteiger partial charge in [-0.25, -0.2) is 0 Å². The molecule has 0 bridgehead atoms. The molecule has 138 valence electrons. The first kappa shape index (κ1) is 19.9. The average Bonchev–Trinajstić information content (AvgIpc) is 3.06. The second kappa shape index (κ2) is 8.34. The van der Waals surface area contributed by atoms with E-state index in [1.54, 1.807) is 0 Å². The summed E-state index contributed by atoms with van der Waals surface area (Å²) in [7, 11) is 7.73. The maximum atomic E-state index is 9.81. The summed E-state index contributed by atoms with van der Waals surface area (Å²) >= 11 is 0.